The van der Waals surface area contributed by atoms with Crippen molar-refractivity contribution in [3.05, 3.63) is 0 Å². The van der Waals surface area contributed by atoms with Crippen molar-refractivity contribution in [2.45, 2.75) is 52.5 Å². The minimum Gasteiger partial charge on any atom is -0.342 e. The molecule has 0 aromatic heterocycles. The topological polar surface area (TPSA) is 35.6 Å². The molecule has 0 aliphatic carbocycles. The van der Waals surface area contributed by atoms with Crippen molar-refractivity contribution in [3.63, 3.8) is 0 Å². The van der Waals surface area contributed by atoms with Crippen LogP contribution in [0.4, 0.5) is 0 Å². The Morgan fingerprint density at radius 3 is 2.48 bits per heavy atom. The maximum absolute atomic E-state index is 13.0. The second-order valence-electron chi connectivity index (χ2n) is 7.35. The molecule has 2 aliphatic rings. The van der Waals surface area contributed by atoms with Crippen LogP contribution in [0, 0.1) is 11.3 Å². The van der Waals surface area contributed by atoms with Gasteiger partial charge in [-0.15, -0.1) is 0 Å². The fraction of sp³-hybridized carbons (Fsp3) is 0.941. The molecule has 0 radical (unpaired) electrons. The first kappa shape index (κ1) is 16.8. The first-order valence-electron chi connectivity index (χ1n) is 8.67. The zero-order chi connectivity index (χ0) is 15.5. The molecule has 4 heteroatoms. The number of hydrogen-bond acceptors (Lipinski definition) is 3. The highest BCUT2D eigenvalue weighted by Gasteiger charge is 2.40. The van der Waals surface area contributed by atoms with Gasteiger partial charge in [-0.1, -0.05) is 20.8 Å². The van der Waals surface area contributed by atoms with Gasteiger partial charge in [-0.05, 0) is 51.2 Å². The van der Waals surface area contributed by atoms with Crippen LogP contribution in [-0.4, -0.2) is 61.5 Å². The van der Waals surface area contributed by atoms with Crippen LogP contribution in [-0.2, 0) is 4.79 Å². The van der Waals surface area contributed by atoms with Gasteiger partial charge < -0.3 is 15.1 Å². The number of likely N-dealkylation sites (tertiary alicyclic amines) is 1. The van der Waals surface area contributed by atoms with Crippen LogP contribution in [0.3, 0.4) is 0 Å². The minimum atomic E-state index is -0.246. The summed E-state index contributed by atoms with van der Waals surface area (Å²) in [6.07, 6.45) is 4.61. The highest BCUT2D eigenvalue weighted by molar-refractivity contribution is 5.82. The zero-order valence-corrected chi connectivity index (χ0v) is 14.3. The molecule has 1 N–H and O–H groups in total. The fourth-order valence-corrected chi connectivity index (χ4v) is 3.89. The fourth-order valence-electron chi connectivity index (χ4n) is 3.89. The number of amides is 1. The highest BCUT2D eigenvalue weighted by atomic mass is 16.2. The van der Waals surface area contributed by atoms with Crippen molar-refractivity contribution in [3.8, 4) is 0 Å². The van der Waals surface area contributed by atoms with Gasteiger partial charge in [0.2, 0.25) is 5.91 Å². The number of carbonyl (C=O) groups is 1. The monoisotopic (exact) mass is 295 g/mol. The third-order valence-electron chi connectivity index (χ3n) is 5.74. The molecule has 2 rings (SSSR count). The molecule has 1 amide bonds. The maximum atomic E-state index is 13.0. The average Bonchev–Trinajstić information content (AvgIpc) is 2.54. The van der Waals surface area contributed by atoms with Gasteiger partial charge >= 0.3 is 0 Å². The Morgan fingerprint density at radius 2 is 1.95 bits per heavy atom. The molecule has 4 nitrogen and oxygen atoms in total. The molecule has 21 heavy (non-hydrogen) atoms. The summed E-state index contributed by atoms with van der Waals surface area (Å²) in [7, 11) is 2.02. The quantitative estimate of drug-likeness (QED) is 0.861. The molecule has 0 bridgehead atoms. The number of rotatable bonds is 4. The molecule has 0 saturated carbocycles. The van der Waals surface area contributed by atoms with E-state index in [1.54, 1.807) is 0 Å². The second kappa shape index (κ2) is 7.10. The van der Waals surface area contributed by atoms with Gasteiger partial charge in [-0.25, -0.2) is 0 Å². The van der Waals surface area contributed by atoms with E-state index in [2.05, 4.69) is 35.9 Å². The Kier molecular flexibility index (Phi) is 5.67. The van der Waals surface area contributed by atoms with Crippen LogP contribution < -0.4 is 5.32 Å². The number of piperidine rings is 2. The zero-order valence-electron chi connectivity index (χ0n) is 14.3. The molecule has 2 fully saturated rings. The normalized spacial score (nSPS) is 25.8. The number of nitrogens with zero attached hydrogens (tertiary/aromatic N) is 2. The summed E-state index contributed by atoms with van der Waals surface area (Å²) in [5.41, 5.74) is -0.246. The van der Waals surface area contributed by atoms with E-state index in [-0.39, 0.29) is 5.41 Å². The number of carbonyl (C=O) groups excluding carboxylic acids is 1. The van der Waals surface area contributed by atoms with Crippen molar-refractivity contribution in [1.29, 1.82) is 0 Å². The minimum absolute atomic E-state index is 0.246. The summed E-state index contributed by atoms with van der Waals surface area (Å²) in [5.74, 6) is 0.808. The number of nitrogens with one attached hydrogen (secondary N) is 1. The van der Waals surface area contributed by atoms with Gasteiger partial charge in [0.1, 0.15) is 0 Å². The van der Waals surface area contributed by atoms with Crippen LogP contribution in [0.1, 0.15) is 46.5 Å². The van der Waals surface area contributed by atoms with Gasteiger partial charge in [0, 0.05) is 31.6 Å². The molecule has 1 atom stereocenters. The largest absolute Gasteiger partial charge is 0.342 e. The van der Waals surface area contributed by atoms with E-state index >= 15 is 0 Å². The van der Waals surface area contributed by atoms with Gasteiger partial charge in [-0.3, -0.25) is 4.79 Å². The first-order chi connectivity index (χ1) is 9.96. The third kappa shape index (κ3) is 3.78. The van der Waals surface area contributed by atoms with E-state index in [9.17, 15) is 4.79 Å². The Hall–Kier alpha value is -0.610. The summed E-state index contributed by atoms with van der Waals surface area (Å²) < 4.78 is 0. The molecule has 2 aliphatic heterocycles. The van der Waals surface area contributed by atoms with Crippen molar-refractivity contribution in [1.82, 2.24) is 15.1 Å². The predicted octanol–water partition coefficient (Wildman–Crippen LogP) is 1.95. The summed E-state index contributed by atoms with van der Waals surface area (Å²) in [4.78, 5) is 17.5. The predicted molar refractivity (Wildman–Crippen MR) is 87.3 cm³/mol. The van der Waals surface area contributed by atoms with Crippen molar-refractivity contribution in [2.24, 2.45) is 11.3 Å². The van der Waals surface area contributed by atoms with Crippen molar-refractivity contribution in [2.75, 3.05) is 39.8 Å². The Labute approximate surface area is 130 Å². The Balaban J connectivity index is 1.94. The molecule has 2 saturated heterocycles. The third-order valence-corrected chi connectivity index (χ3v) is 5.74. The Bertz CT molecular complexity index is 342. The smallest absolute Gasteiger partial charge is 0.228 e. The summed E-state index contributed by atoms with van der Waals surface area (Å²) in [5, 5.41) is 3.45. The summed E-state index contributed by atoms with van der Waals surface area (Å²) in [6, 6.07) is 0.427. The van der Waals surface area contributed by atoms with Crippen molar-refractivity contribution >= 4 is 5.91 Å². The maximum Gasteiger partial charge on any atom is 0.228 e. The average molecular weight is 295 g/mol. The molecule has 0 aromatic carbocycles. The van der Waals surface area contributed by atoms with E-state index in [4.69, 9.17) is 0 Å². The van der Waals surface area contributed by atoms with E-state index in [0.717, 1.165) is 45.6 Å². The molecule has 2 heterocycles. The van der Waals surface area contributed by atoms with E-state index in [1.807, 2.05) is 7.05 Å². The molecule has 1 unspecified atom stereocenters. The molecular formula is C17H33N3O. The van der Waals surface area contributed by atoms with Crippen LogP contribution in [0.25, 0.3) is 0 Å². The van der Waals surface area contributed by atoms with Crippen LogP contribution in [0.15, 0.2) is 0 Å². The molecule has 0 spiro atoms. The SMILES string of the molecule is CCN1CCC(N(C)C(=O)C(C)(C)C2CCCNC2)CC1. The second-order valence-corrected chi connectivity index (χ2v) is 7.35. The Morgan fingerprint density at radius 1 is 1.29 bits per heavy atom. The van der Waals surface area contributed by atoms with E-state index in [0.29, 0.717) is 17.9 Å². The summed E-state index contributed by atoms with van der Waals surface area (Å²) >= 11 is 0. The van der Waals surface area contributed by atoms with Gasteiger partial charge in [0.25, 0.3) is 0 Å². The van der Waals surface area contributed by atoms with Crippen LogP contribution >= 0.6 is 0 Å². The van der Waals surface area contributed by atoms with Crippen LogP contribution in [0.5, 0.6) is 0 Å². The van der Waals surface area contributed by atoms with Crippen LogP contribution in [0.2, 0.25) is 0 Å². The van der Waals surface area contributed by atoms with E-state index in [1.165, 1.54) is 12.8 Å². The molecule has 122 valence electrons. The van der Waals surface area contributed by atoms with Gasteiger partial charge in [0.05, 0.1) is 0 Å². The molecule has 0 aromatic rings. The number of hydrogen-bond donors (Lipinski definition) is 1. The highest BCUT2D eigenvalue weighted by Crippen LogP contribution is 2.34. The van der Waals surface area contributed by atoms with Crippen molar-refractivity contribution < 1.29 is 4.79 Å². The van der Waals surface area contributed by atoms with E-state index < -0.39 is 0 Å². The molecular weight excluding hydrogens is 262 g/mol. The van der Waals surface area contributed by atoms with Gasteiger partial charge in [-0.2, -0.15) is 0 Å². The lowest BCUT2D eigenvalue weighted by atomic mass is 9.73. The lowest BCUT2D eigenvalue weighted by molar-refractivity contribution is -0.145. The lowest BCUT2D eigenvalue weighted by Gasteiger charge is -2.43. The van der Waals surface area contributed by atoms with Gasteiger partial charge in [0.15, 0.2) is 0 Å². The first-order valence-corrected chi connectivity index (χ1v) is 8.67. The lowest BCUT2D eigenvalue weighted by Crippen LogP contribution is -2.52. The summed E-state index contributed by atoms with van der Waals surface area (Å²) in [6.45, 7) is 12.0. The standard InChI is InChI=1S/C17H33N3O/c1-5-20-11-8-15(9-12-20)19(4)16(21)17(2,3)14-7-6-10-18-13-14/h14-15,18H,5-13H2,1-4H3.